The molecule has 0 aliphatic carbocycles. The molecule has 0 aromatic carbocycles. The number of nitrogens with zero attached hydrogens (tertiary/aromatic N) is 3. The third-order valence-corrected chi connectivity index (χ3v) is 2.86. The molecule has 1 aromatic heterocycles. The van der Waals surface area contributed by atoms with Crippen LogP contribution in [0.25, 0.3) is 0 Å². The molecule has 92 valence electrons. The first-order valence-electron chi connectivity index (χ1n) is 5.86. The third-order valence-electron chi connectivity index (χ3n) is 2.86. The van der Waals surface area contributed by atoms with E-state index in [1.807, 2.05) is 11.6 Å². The summed E-state index contributed by atoms with van der Waals surface area (Å²) in [5.41, 5.74) is 5.42. The van der Waals surface area contributed by atoms with Crippen LogP contribution in [-0.4, -0.2) is 26.9 Å². The van der Waals surface area contributed by atoms with Crippen LogP contribution in [0.2, 0.25) is 0 Å². The molecule has 0 fully saturated rings. The predicted octanol–water partition coefficient (Wildman–Crippen LogP) is 1.33. The lowest BCUT2D eigenvalue weighted by atomic mass is 10.0. The van der Waals surface area contributed by atoms with Gasteiger partial charge in [-0.2, -0.15) is 5.10 Å². The molecule has 0 spiro atoms. The highest BCUT2D eigenvalue weighted by Crippen LogP contribution is 2.15. The van der Waals surface area contributed by atoms with E-state index in [4.69, 9.17) is 10.5 Å². The van der Waals surface area contributed by atoms with Crippen molar-refractivity contribution >= 4 is 0 Å². The molecule has 0 amide bonds. The zero-order chi connectivity index (χ0) is 12.0. The summed E-state index contributed by atoms with van der Waals surface area (Å²) < 4.78 is 7.69. The van der Waals surface area contributed by atoms with Gasteiger partial charge in [-0.05, 0) is 19.8 Å². The molecule has 0 radical (unpaired) electrons. The van der Waals surface area contributed by atoms with E-state index in [0.29, 0.717) is 13.2 Å². The van der Waals surface area contributed by atoms with Gasteiger partial charge in [0.05, 0.1) is 5.60 Å². The quantitative estimate of drug-likeness (QED) is 0.761. The second kappa shape index (κ2) is 5.96. The van der Waals surface area contributed by atoms with Gasteiger partial charge in [-0.3, -0.25) is 0 Å². The van der Waals surface area contributed by atoms with Crippen LogP contribution in [0.3, 0.4) is 0 Å². The topological polar surface area (TPSA) is 66.0 Å². The van der Waals surface area contributed by atoms with Crippen LogP contribution in [0.4, 0.5) is 0 Å². The fourth-order valence-electron chi connectivity index (χ4n) is 1.34. The van der Waals surface area contributed by atoms with Crippen molar-refractivity contribution in [3.8, 4) is 0 Å². The zero-order valence-electron chi connectivity index (χ0n) is 10.4. The molecule has 1 atom stereocenters. The zero-order valence-corrected chi connectivity index (χ0v) is 10.4. The molecule has 0 saturated heterocycles. The van der Waals surface area contributed by atoms with E-state index in [-0.39, 0.29) is 5.60 Å². The molecular formula is C11H22N4O. The van der Waals surface area contributed by atoms with Crippen molar-refractivity contribution in [3.63, 3.8) is 0 Å². The maximum absolute atomic E-state index is 5.81. The lowest BCUT2D eigenvalue weighted by Gasteiger charge is -2.26. The Kier molecular flexibility index (Phi) is 4.89. The maximum Gasteiger partial charge on any atom is 0.152 e. The summed E-state index contributed by atoms with van der Waals surface area (Å²) >= 11 is 0. The fourth-order valence-corrected chi connectivity index (χ4v) is 1.34. The molecule has 0 bridgehead atoms. The highest BCUT2D eigenvalue weighted by Gasteiger charge is 2.21. The van der Waals surface area contributed by atoms with Crippen molar-refractivity contribution in [1.29, 1.82) is 0 Å². The van der Waals surface area contributed by atoms with Crippen molar-refractivity contribution in [2.45, 2.75) is 52.4 Å². The largest absolute Gasteiger partial charge is 0.366 e. The number of ether oxygens (including phenoxy) is 1. The Hall–Kier alpha value is -0.940. The summed E-state index contributed by atoms with van der Waals surface area (Å²) in [6, 6.07) is 0. The molecule has 2 N–H and O–H groups in total. The molecule has 0 aliphatic rings. The second-order valence-electron chi connectivity index (χ2n) is 4.20. The summed E-state index contributed by atoms with van der Waals surface area (Å²) in [7, 11) is 0. The molecule has 5 heteroatoms. The molecule has 1 unspecified atom stereocenters. The fraction of sp³-hybridized carbons (Fsp3) is 0.818. The van der Waals surface area contributed by atoms with Gasteiger partial charge in [0.1, 0.15) is 12.9 Å². The van der Waals surface area contributed by atoms with Gasteiger partial charge in [0.25, 0.3) is 0 Å². The number of hydrogen-bond donors (Lipinski definition) is 1. The molecule has 16 heavy (non-hydrogen) atoms. The standard InChI is InChI=1S/C11H22N4O/c1-4-6-15-10(13-9-14-15)7-16-11(3,5-2)8-12/h9H,4-8,12H2,1-3H3. The normalized spacial score (nSPS) is 15.0. The monoisotopic (exact) mass is 226 g/mol. The van der Waals surface area contributed by atoms with Crippen LogP contribution < -0.4 is 5.73 Å². The van der Waals surface area contributed by atoms with Crippen molar-refractivity contribution in [2.75, 3.05) is 6.54 Å². The second-order valence-corrected chi connectivity index (χ2v) is 4.20. The van der Waals surface area contributed by atoms with Gasteiger partial charge in [0, 0.05) is 13.1 Å². The molecular weight excluding hydrogens is 204 g/mol. The van der Waals surface area contributed by atoms with Gasteiger partial charge in [0.15, 0.2) is 5.82 Å². The van der Waals surface area contributed by atoms with E-state index < -0.39 is 0 Å². The summed E-state index contributed by atoms with van der Waals surface area (Å²) in [6.07, 6.45) is 3.50. The van der Waals surface area contributed by atoms with Crippen LogP contribution in [0.5, 0.6) is 0 Å². The van der Waals surface area contributed by atoms with Crippen LogP contribution in [-0.2, 0) is 17.9 Å². The van der Waals surface area contributed by atoms with Gasteiger partial charge in [-0.1, -0.05) is 13.8 Å². The van der Waals surface area contributed by atoms with Crippen LogP contribution in [0.1, 0.15) is 39.4 Å². The van der Waals surface area contributed by atoms with Gasteiger partial charge in [0.2, 0.25) is 0 Å². The summed E-state index contributed by atoms with van der Waals surface area (Å²) in [4.78, 5) is 4.19. The first-order valence-corrected chi connectivity index (χ1v) is 5.86. The van der Waals surface area contributed by atoms with E-state index in [1.54, 1.807) is 6.33 Å². The minimum atomic E-state index is -0.261. The van der Waals surface area contributed by atoms with E-state index in [0.717, 1.165) is 25.2 Å². The van der Waals surface area contributed by atoms with Crippen molar-refractivity contribution < 1.29 is 4.74 Å². The average Bonchev–Trinajstić information content (AvgIpc) is 2.74. The summed E-state index contributed by atoms with van der Waals surface area (Å²) in [6.45, 7) is 8.08. The van der Waals surface area contributed by atoms with Gasteiger partial charge in [-0.25, -0.2) is 9.67 Å². The van der Waals surface area contributed by atoms with Crippen molar-refractivity contribution in [1.82, 2.24) is 14.8 Å². The first kappa shape index (κ1) is 13.1. The average molecular weight is 226 g/mol. The van der Waals surface area contributed by atoms with Crippen molar-refractivity contribution in [3.05, 3.63) is 12.2 Å². The smallest absolute Gasteiger partial charge is 0.152 e. The predicted molar refractivity (Wildman–Crippen MR) is 62.9 cm³/mol. The lowest BCUT2D eigenvalue weighted by Crippen LogP contribution is -2.37. The molecule has 1 heterocycles. The van der Waals surface area contributed by atoms with Gasteiger partial charge < -0.3 is 10.5 Å². The highest BCUT2D eigenvalue weighted by molar-refractivity contribution is 4.83. The van der Waals surface area contributed by atoms with E-state index in [1.165, 1.54) is 0 Å². The van der Waals surface area contributed by atoms with E-state index >= 15 is 0 Å². The molecule has 0 aliphatic heterocycles. The van der Waals surface area contributed by atoms with E-state index in [9.17, 15) is 0 Å². The molecule has 1 aromatic rings. The van der Waals surface area contributed by atoms with E-state index in [2.05, 4.69) is 23.9 Å². The molecule has 5 nitrogen and oxygen atoms in total. The Labute approximate surface area is 97.0 Å². The molecule has 0 saturated carbocycles. The number of nitrogens with two attached hydrogens (primary N) is 1. The number of hydrogen-bond acceptors (Lipinski definition) is 4. The van der Waals surface area contributed by atoms with Gasteiger partial charge in [-0.15, -0.1) is 0 Å². The lowest BCUT2D eigenvalue weighted by molar-refractivity contribution is -0.0428. The third kappa shape index (κ3) is 3.28. The number of aromatic nitrogens is 3. The number of rotatable bonds is 7. The number of aryl methyl sites for hydroxylation is 1. The van der Waals surface area contributed by atoms with Crippen LogP contribution >= 0.6 is 0 Å². The summed E-state index contributed by atoms with van der Waals surface area (Å²) in [5, 5.41) is 4.15. The Bertz CT molecular complexity index is 307. The molecule has 1 rings (SSSR count). The van der Waals surface area contributed by atoms with Crippen LogP contribution in [0.15, 0.2) is 6.33 Å². The Morgan fingerprint density at radius 3 is 2.81 bits per heavy atom. The van der Waals surface area contributed by atoms with Crippen LogP contribution in [0, 0.1) is 0 Å². The first-order chi connectivity index (χ1) is 7.65. The Morgan fingerprint density at radius 1 is 1.50 bits per heavy atom. The Balaban J connectivity index is 2.56. The minimum absolute atomic E-state index is 0.261. The highest BCUT2D eigenvalue weighted by atomic mass is 16.5. The van der Waals surface area contributed by atoms with Gasteiger partial charge >= 0.3 is 0 Å². The minimum Gasteiger partial charge on any atom is -0.366 e. The SMILES string of the molecule is CCCn1ncnc1COC(C)(CC)CN. The van der Waals surface area contributed by atoms with Crippen molar-refractivity contribution in [2.24, 2.45) is 5.73 Å². The Morgan fingerprint density at radius 2 is 2.25 bits per heavy atom. The summed E-state index contributed by atoms with van der Waals surface area (Å²) in [5.74, 6) is 0.870. The maximum atomic E-state index is 5.81.